The van der Waals surface area contributed by atoms with Gasteiger partial charge in [-0.15, -0.1) is 0 Å². The molecule has 0 spiro atoms. The first-order valence-corrected chi connectivity index (χ1v) is 7.76. The van der Waals surface area contributed by atoms with Gasteiger partial charge < -0.3 is 10.6 Å². The van der Waals surface area contributed by atoms with Crippen LogP contribution in [0.25, 0.3) is 0 Å². The van der Waals surface area contributed by atoms with Gasteiger partial charge in [-0.1, -0.05) is 30.7 Å². The molecule has 1 saturated heterocycles. The van der Waals surface area contributed by atoms with Gasteiger partial charge in [0.25, 0.3) is 0 Å². The Labute approximate surface area is 121 Å². The van der Waals surface area contributed by atoms with E-state index in [9.17, 15) is 4.79 Å². The zero-order valence-electron chi connectivity index (χ0n) is 12.4. The Kier molecular flexibility index (Phi) is 3.79. The molecule has 2 aliphatic rings. The Morgan fingerprint density at radius 2 is 2.15 bits per heavy atom. The normalized spacial score (nSPS) is 30.0. The van der Waals surface area contributed by atoms with E-state index >= 15 is 0 Å². The maximum Gasteiger partial charge on any atom is 0.237 e. The van der Waals surface area contributed by atoms with Crippen molar-refractivity contribution in [1.29, 1.82) is 0 Å². The van der Waals surface area contributed by atoms with Crippen LogP contribution in [0.2, 0.25) is 0 Å². The van der Waals surface area contributed by atoms with Gasteiger partial charge in [-0.2, -0.15) is 0 Å². The molecule has 1 aliphatic carbocycles. The van der Waals surface area contributed by atoms with Gasteiger partial charge in [-0.05, 0) is 56.2 Å². The highest BCUT2D eigenvalue weighted by Gasteiger charge is 2.42. The lowest BCUT2D eigenvalue weighted by atomic mass is 9.93. The summed E-state index contributed by atoms with van der Waals surface area (Å²) in [5.41, 5.74) is 2.44. The van der Waals surface area contributed by atoms with E-state index in [0.717, 1.165) is 12.5 Å². The van der Waals surface area contributed by atoms with E-state index in [1.54, 1.807) is 0 Å². The fourth-order valence-electron chi connectivity index (χ4n) is 3.93. The standard InChI is InChI=1S/C17H24N2O/c1-11-6-3-4-8-14(11)12(2)19-17(20)16-15-9-5-7-13(15)10-18-16/h3-4,6,8,12-13,15-16,18H,5,7,9-10H2,1-2H3,(H,19,20). The van der Waals surface area contributed by atoms with E-state index in [1.165, 1.54) is 30.4 Å². The van der Waals surface area contributed by atoms with Crippen molar-refractivity contribution in [3.8, 4) is 0 Å². The van der Waals surface area contributed by atoms with Crippen molar-refractivity contribution >= 4 is 5.91 Å². The molecule has 1 heterocycles. The Morgan fingerprint density at radius 3 is 2.95 bits per heavy atom. The third-order valence-electron chi connectivity index (χ3n) is 5.04. The van der Waals surface area contributed by atoms with Crippen molar-refractivity contribution in [1.82, 2.24) is 10.6 Å². The van der Waals surface area contributed by atoms with Crippen LogP contribution in [0.3, 0.4) is 0 Å². The Bertz CT molecular complexity index is 500. The van der Waals surface area contributed by atoms with Gasteiger partial charge in [0, 0.05) is 0 Å². The van der Waals surface area contributed by atoms with E-state index in [-0.39, 0.29) is 18.0 Å². The van der Waals surface area contributed by atoms with Gasteiger partial charge in [0.05, 0.1) is 12.1 Å². The molecule has 1 aromatic rings. The van der Waals surface area contributed by atoms with Crippen LogP contribution in [0.4, 0.5) is 0 Å². The lowest BCUT2D eigenvalue weighted by molar-refractivity contribution is -0.124. The monoisotopic (exact) mass is 272 g/mol. The average molecular weight is 272 g/mol. The molecule has 4 unspecified atom stereocenters. The highest BCUT2D eigenvalue weighted by atomic mass is 16.2. The number of rotatable bonds is 3. The molecule has 1 saturated carbocycles. The third kappa shape index (κ3) is 2.47. The first-order valence-electron chi connectivity index (χ1n) is 7.76. The van der Waals surface area contributed by atoms with Crippen molar-refractivity contribution in [3.05, 3.63) is 35.4 Å². The Balaban J connectivity index is 1.66. The van der Waals surface area contributed by atoms with Gasteiger partial charge in [-0.25, -0.2) is 0 Å². The smallest absolute Gasteiger partial charge is 0.237 e. The number of hydrogen-bond acceptors (Lipinski definition) is 2. The van der Waals surface area contributed by atoms with Crippen LogP contribution in [0.15, 0.2) is 24.3 Å². The first-order chi connectivity index (χ1) is 9.66. The van der Waals surface area contributed by atoms with E-state index in [2.05, 4.69) is 36.6 Å². The zero-order valence-corrected chi connectivity index (χ0v) is 12.4. The molecule has 0 bridgehead atoms. The van der Waals surface area contributed by atoms with Gasteiger partial charge in [-0.3, -0.25) is 4.79 Å². The molecule has 20 heavy (non-hydrogen) atoms. The zero-order chi connectivity index (χ0) is 14.1. The summed E-state index contributed by atoms with van der Waals surface area (Å²) in [6.45, 7) is 5.18. The van der Waals surface area contributed by atoms with Gasteiger partial charge in [0.2, 0.25) is 5.91 Å². The van der Waals surface area contributed by atoms with Crippen molar-refractivity contribution in [2.75, 3.05) is 6.54 Å². The summed E-state index contributed by atoms with van der Waals surface area (Å²) in [6.07, 6.45) is 3.78. The van der Waals surface area contributed by atoms with Crippen LogP contribution in [-0.2, 0) is 4.79 Å². The predicted octanol–water partition coefficient (Wildman–Crippen LogP) is 2.56. The molecular formula is C17H24N2O. The molecule has 3 heteroatoms. The van der Waals surface area contributed by atoms with Crippen LogP contribution in [0, 0.1) is 18.8 Å². The number of hydrogen-bond donors (Lipinski definition) is 2. The number of carbonyl (C=O) groups excluding carboxylic acids is 1. The minimum atomic E-state index is 0.0222. The molecule has 1 amide bonds. The fraction of sp³-hybridized carbons (Fsp3) is 0.588. The predicted molar refractivity (Wildman–Crippen MR) is 80.4 cm³/mol. The molecule has 1 aliphatic heterocycles. The minimum absolute atomic E-state index is 0.0222. The summed E-state index contributed by atoms with van der Waals surface area (Å²) in [6, 6.07) is 8.36. The number of aryl methyl sites for hydroxylation is 1. The van der Waals surface area contributed by atoms with Gasteiger partial charge >= 0.3 is 0 Å². The van der Waals surface area contributed by atoms with Gasteiger partial charge in [0.1, 0.15) is 0 Å². The maximum atomic E-state index is 12.5. The summed E-state index contributed by atoms with van der Waals surface area (Å²) in [4.78, 5) is 12.5. The second-order valence-electron chi connectivity index (χ2n) is 6.33. The lowest BCUT2D eigenvalue weighted by Gasteiger charge is -2.22. The molecule has 1 aromatic carbocycles. The SMILES string of the molecule is Cc1ccccc1C(C)NC(=O)C1NCC2CCCC21. The van der Waals surface area contributed by atoms with Crippen LogP contribution in [-0.4, -0.2) is 18.5 Å². The molecule has 3 rings (SSSR count). The average Bonchev–Trinajstić information content (AvgIpc) is 3.00. The van der Waals surface area contributed by atoms with Crippen LogP contribution in [0.5, 0.6) is 0 Å². The van der Waals surface area contributed by atoms with E-state index in [0.29, 0.717) is 5.92 Å². The Hall–Kier alpha value is -1.35. The highest BCUT2D eigenvalue weighted by Crippen LogP contribution is 2.37. The summed E-state index contributed by atoms with van der Waals surface area (Å²) < 4.78 is 0. The second kappa shape index (κ2) is 5.57. The van der Waals surface area contributed by atoms with E-state index in [1.807, 2.05) is 12.1 Å². The number of amides is 1. The summed E-state index contributed by atoms with van der Waals surface area (Å²) >= 11 is 0. The largest absolute Gasteiger partial charge is 0.348 e. The van der Waals surface area contributed by atoms with Crippen LogP contribution >= 0.6 is 0 Å². The summed E-state index contributed by atoms with van der Waals surface area (Å²) in [7, 11) is 0. The first kappa shape index (κ1) is 13.6. The molecule has 3 nitrogen and oxygen atoms in total. The van der Waals surface area contributed by atoms with Crippen molar-refractivity contribution < 1.29 is 4.79 Å². The van der Waals surface area contributed by atoms with E-state index in [4.69, 9.17) is 0 Å². The topological polar surface area (TPSA) is 41.1 Å². The van der Waals surface area contributed by atoms with Crippen molar-refractivity contribution in [2.45, 2.75) is 45.2 Å². The molecule has 108 valence electrons. The molecule has 2 N–H and O–H groups in total. The van der Waals surface area contributed by atoms with Crippen molar-refractivity contribution in [3.63, 3.8) is 0 Å². The lowest BCUT2D eigenvalue weighted by Crippen LogP contribution is -2.44. The molecule has 0 radical (unpaired) electrons. The summed E-state index contributed by atoms with van der Waals surface area (Å²) in [5.74, 6) is 1.45. The highest BCUT2D eigenvalue weighted by molar-refractivity contribution is 5.83. The van der Waals surface area contributed by atoms with Crippen molar-refractivity contribution in [2.24, 2.45) is 11.8 Å². The van der Waals surface area contributed by atoms with Gasteiger partial charge in [0.15, 0.2) is 0 Å². The Morgan fingerprint density at radius 1 is 1.35 bits per heavy atom. The third-order valence-corrected chi connectivity index (χ3v) is 5.04. The quantitative estimate of drug-likeness (QED) is 0.888. The molecule has 2 fully saturated rings. The second-order valence-corrected chi connectivity index (χ2v) is 6.33. The summed E-state index contributed by atoms with van der Waals surface area (Å²) in [5, 5.41) is 6.61. The molecule has 4 atom stereocenters. The van der Waals surface area contributed by atoms with E-state index < -0.39 is 0 Å². The minimum Gasteiger partial charge on any atom is -0.348 e. The number of carbonyl (C=O) groups is 1. The fourth-order valence-corrected chi connectivity index (χ4v) is 3.93. The molecule has 0 aromatic heterocycles. The molecular weight excluding hydrogens is 248 g/mol. The number of benzene rings is 1. The maximum absolute atomic E-state index is 12.5. The van der Waals surface area contributed by atoms with Crippen LogP contribution < -0.4 is 10.6 Å². The number of nitrogens with one attached hydrogen (secondary N) is 2. The van der Waals surface area contributed by atoms with Crippen LogP contribution in [0.1, 0.15) is 43.4 Å². The number of fused-ring (bicyclic) bond motifs is 1.